The molecule has 0 aliphatic rings. The number of hydrogen-bond donors (Lipinski definition) is 1. The number of fused-ring (bicyclic) bond motifs is 1. The lowest BCUT2D eigenvalue weighted by molar-refractivity contribution is -0.115. The molecule has 0 radical (unpaired) electrons. The number of nitrogens with zero attached hydrogens (tertiary/aromatic N) is 3. The molecule has 0 saturated carbocycles. The van der Waals surface area contributed by atoms with Crippen LogP contribution in [0.4, 0.5) is 9.52 Å². The third-order valence-corrected chi connectivity index (χ3v) is 6.51. The number of carbonyl (C=O) groups excluding carboxylic acids is 1. The summed E-state index contributed by atoms with van der Waals surface area (Å²) in [5.41, 5.74) is 1.83. The average Bonchev–Trinajstić information content (AvgIpc) is 3.25. The van der Waals surface area contributed by atoms with Gasteiger partial charge in [-0.2, -0.15) is 0 Å². The molecule has 0 saturated heterocycles. The van der Waals surface area contributed by atoms with Gasteiger partial charge in [-0.15, -0.1) is 17.9 Å². The lowest BCUT2D eigenvalue weighted by Crippen LogP contribution is -2.26. The third kappa shape index (κ3) is 4.63. The summed E-state index contributed by atoms with van der Waals surface area (Å²) in [6.07, 6.45) is 1.62. The molecule has 2 heterocycles. The van der Waals surface area contributed by atoms with E-state index in [1.54, 1.807) is 48.7 Å². The number of para-hydroxylation sites is 1. The SMILES string of the molecule is C=CCn1c(SC(C)C(=O)Nc2nc(-c3ccc(F)cc3)cs2)nc2ccccc2c1=O. The van der Waals surface area contributed by atoms with Crippen molar-refractivity contribution in [2.24, 2.45) is 0 Å². The van der Waals surface area contributed by atoms with Crippen molar-refractivity contribution in [3.63, 3.8) is 0 Å². The summed E-state index contributed by atoms with van der Waals surface area (Å²) in [6.45, 7) is 5.75. The van der Waals surface area contributed by atoms with Crippen LogP contribution < -0.4 is 10.9 Å². The van der Waals surface area contributed by atoms with Crippen LogP contribution in [0.15, 0.2) is 76.5 Å². The first-order chi connectivity index (χ1) is 15.5. The second kappa shape index (κ2) is 9.46. The number of aromatic nitrogens is 3. The largest absolute Gasteiger partial charge is 0.301 e. The Morgan fingerprint density at radius 1 is 1.25 bits per heavy atom. The maximum atomic E-state index is 13.1. The summed E-state index contributed by atoms with van der Waals surface area (Å²) in [4.78, 5) is 34.6. The van der Waals surface area contributed by atoms with Gasteiger partial charge in [-0.1, -0.05) is 30.0 Å². The molecular weight excluding hydrogens is 447 g/mol. The number of benzene rings is 2. The van der Waals surface area contributed by atoms with E-state index in [9.17, 15) is 14.0 Å². The van der Waals surface area contributed by atoms with Gasteiger partial charge < -0.3 is 5.32 Å². The van der Waals surface area contributed by atoms with Crippen LogP contribution in [0.1, 0.15) is 6.92 Å². The molecule has 2 aromatic carbocycles. The number of thiazole rings is 1. The number of hydrogen-bond acceptors (Lipinski definition) is 6. The Hall–Kier alpha value is -3.30. The van der Waals surface area contributed by atoms with E-state index in [-0.39, 0.29) is 17.3 Å². The van der Waals surface area contributed by atoms with Gasteiger partial charge in [-0.25, -0.2) is 14.4 Å². The Balaban J connectivity index is 1.52. The van der Waals surface area contributed by atoms with Gasteiger partial charge in [0.05, 0.1) is 21.8 Å². The molecule has 0 aliphatic carbocycles. The molecule has 0 spiro atoms. The molecule has 1 amide bonds. The highest BCUT2D eigenvalue weighted by molar-refractivity contribution is 8.00. The first-order valence-electron chi connectivity index (χ1n) is 9.75. The van der Waals surface area contributed by atoms with Gasteiger partial charge in [-0.3, -0.25) is 14.2 Å². The van der Waals surface area contributed by atoms with Crippen molar-refractivity contribution in [1.82, 2.24) is 14.5 Å². The summed E-state index contributed by atoms with van der Waals surface area (Å²) >= 11 is 2.48. The minimum Gasteiger partial charge on any atom is -0.301 e. The number of amides is 1. The molecule has 1 unspecified atom stereocenters. The average molecular weight is 467 g/mol. The monoisotopic (exact) mass is 466 g/mol. The zero-order chi connectivity index (χ0) is 22.7. The topological polar surface area (TPSA) is 76.9 Å². The van der Waals surface area contributed by atoms with Gasteiger partial charge in [0, 0.05) is 17.5 Å². The van der Waals surface area contributed by atoms with Crippen molar-refractivity contribution in [1.29, 1.82) is 0 Å². The van der Waals surface area contributed by atoms with Crippen molar-refractivity contribution >= 4 is 45.0 Å². The molecular formula is C23H19FN4O2S2. The lowest BCUT2D eigenvalue weighted by atomic mass is 10.2. The fourth-order valence-corrected chi connectivity index (χ4v) is 4.67. The predicted octanol–water partition coefficient (Wildman–Crippen LogP) is 4.96. The number of nitrogens with one attached hydrogen (secondary N) is 1. The number of carbonyl (C=O) groups is 1. The van der Waals surface area contributed by atoms with Crippen molar-refractivity contribution in [3.8, 4) is 11.3 Å². The van der Waals surface area contributed by atoms with Crippen molar-refractivity contribution in [2.45, 2.75) is 23.9 Å². The van der Waals surface area contributed by atoms with E-state index >= 15 is 0 Å². The molecule has 1 N–H and O–H groups in total. The fraction of sp³-hybridized carbons (Fsp3) is 0.130. The molecule has 0 aliphatic heterocycles. The lowest BCUT2D eigenvalue weighted by Gasteiger charge is -2.15. The minimum absolute atomic E-state index is 0.172. The predicted molar refractivity (Wildman–Crippen MR) is 128 cm³/mol. The Morgan fingerprint density at radius 3 is 2.75 bits per heavy atom. The molecule has 1 atom stereocenters. The summed E-state index contributed by atoms with van der Waals surface area (Å²) < 4.78 is 14.6. The van der Waals surface area contributed by atoms with Gasteiger partial charge in [-0.05, 0) is 43.3 Å². The van der Waals surface area contributed by atoms with Crippen LogP contribution in [0.3, 0.4) is 0 Å². The first kappa shape index (κ1) is 21.9. The van der Waals surface area contributed by atoms with Gasteiger partial charge in [0.1, 0.15) is 5.82 Å². The Kier molecular flexibility index (Phi) is 6.48. The highest BCUT2D eigenvalue weighted by Gasteiger charge is 2.20. The van der Waals surface area contributed by atoms with E-state index in [2.05, 4.69) is 21.9 Å². The van der Waals surface area contributed by atoms with E-state index in [1.807, 2.05) is 6.07 Å². The second-order valence-corrected chi connectivity index (χ2v) is 9.08. The molecule has 162 valence electrons. The molecule has 0 bridgehead atoms. The van der Waals surface area contributed by atoms with Crippen LogP contribution in [0, 0.1) is 5.82 Å². The summed E-state index contributed by atoms with van der Waals surface area (Å²) in [5.74, 6) is -0.580. The van der Waals surface area contributed by atoms with Crippen LogP contribution >= 0.6 is 23.1 Å². The normalized spacial score (nSPS) is 11.9. The Morgan fingerprint density at radius 2 is 2.00 bits per heavy atom. The molecule has 2 aromatic heterocycles. The summed E-state index contributed by atoms with van der Waals surface area (Å²) in [6, 6.07) is 13.1. The molecule has 4 aromatic rings. The number of anilines is 1. The molecule has 6 nitrogen and oxygen atoms in total. The van der Waals surface area contributed by atoms with Crippen molar-refractivity contribution in [3.05, 3.63) is 82.7 Å². The van der Waals surface area contributed by atoms with E-state index < -0.39 is 5.25 Å². The molecule has 32 heavy (non-hydrogen) atoms. The Bertz CT molecular complexity index is 1350. The standard InChI is InChI=1S/C23H19FN4O2S2/c1-3-12-28-21(30)17-6-4-5-7-18(17)26-23(28)32-14(2)20(29)27-22-25-19(13-31-22)15-8-10-16(24)11-9-15/h3-11,13-14H,1,12H2,2H3,(H,25,27,29). The quantitative estimate of drug-likeness (QED) is 0.237. The summed E-state index contributed by atoms with van der Waals surface area (Å²) in [7, 11) is 0. The number of allylic oxidation sites excluding steroid dienone is 1. The molecule has 9 heteroatoms. The van der Waals surface area contributed by atoms with Crippen molar-refractivity contribution < 1.29 is 9.18 Å². The van der Waals surface area contributed by atoms with Gasteiger partial charge in [0.15, 0.2) is 10.3 Å². The smallest absolute Gasteiger partial charge is 0.262 e. The van der Waals surface area contributed by atoms with E-state index in [4.69, 9.17) is 0 Å². The third-order valence-electron chi connectivity index (χ3n) is 4.66. The van der Waals surface area contributed by atoms with Crippen LogP contribution in [0.25, 0.3) is 22.2 Å². The van der Waals surface area contributed by atoms with E-state index in [1.165, 1.54) is 39.8 Å². The Labute approximate surface area is 191 Å². The molecule has 0 fully saturated rings. The van der Waals surface area contributed by atoms with Crippen molar-refractivity contribution in [2.75, 3.05) is 5.32 Å². The highest BCUT2D eigenvalue weighted by Crippen LogP contribution is 2.27. The number of thioether (sulfide) groups is 1. The zero-order valence-corrected chi connectivity index (χ0v) is 18.8. The highest BCUT2D eigenvalue weighted by atomic mass is 32.2. The first-order valence-corrected chi connectivity index (χ1v) is 11.5. The fourth-order valence-electron chi connectivity index (χ4n) is 3.03. The van der Waals surface area contributed by atoms with E-state index in [0.29, 0.717) is 33.4 Å². The second-order valence-electron chi connectivity index (χ2n) is 6.91. The van der Waals surface area contributed by atoms with Crippen LogP contribution in [0.2, 0.25) is 0 Å². The maximum Gasteiger partial charge on any atom is 0.262 e. The van der Waals surface area contributed by atoms with Crippen LogP contribution in [-0.2, 0) is 11.3 Å². The van der Waals surface area contributed by atoms with Gasteiger partial charge >= 0.3 is 0 Å². The number of rotatable bonds is 7. The van der Waals surface area contributed by atoms with Crippen LogP contribution in [-0.4, -0.2) is 25.7 Å². The summed E-state index contributed by atoms with van der Waals surface area (Å²) in [5, 5.41) is 5.48. The minimum atomic E-state index is -0.530. The zero-order valence-electron chi connectivity index (χ0n) is 17.1. The number of halogens is 1. The maximum absolute atomic E-state index is 13.1. The molecule has 4 rings (SSSR count). The van der Waals surface area contributed by atoms with Gasteiger partial charge in [0.2, 0.25) is 5.91 Å². The van der Waals surface area contributed by atoms with Crippen LogP contribution in [0.5, 0.6) is 0 Å². The van der Waals surface area contributed by atoms with Gasteiger partial charge in [0.25, 0.3) is 5.56 Å². The van der Waals surface area contributed by atoms with E-state index in [0.717, 1.165) is 5.56 Å².